The van der Waals surface area contributed by atoms with Gasteiger partial charge in [-0.15, -0.1) is 6.58 Å². The van der Waals surface area contributed by atoms with Crippen LogP contribution in [0.15, 0.2) is 73.3 Å². The second-order valence-corrected chi connectivity index (χ2v) is 12.9. The summed E-state index contributed by atoms with van der Waals surface area (Å²) in [4.78, 5) is 53.6. The zero-order chi connectivity index (χ0) is 36.1. The minimum absolute atomic E-state index is 0.0521. The monoisotopic (exact) mass is 699 g/mol. The van der Waals surface area contributed by atoms with Crippen molar-refractivity contribution in [1.82, 2.24) is 16.0 Å². The SMILES string of the molecule is C=CCOC[C@@H]1NC(=O)C(C)(C)CNC(=O)[C@@H](Cc2ccc(OC)c(Cl)c2)NC(=O)/C=C/C[C@@H]([C@H](C)[C@@H](O)[C@H](O)c2ccccc2)OC1=O. The Kier molecular flexibility index (Phi) is 14.8. The van der Waals surface area contributed by atoms with Crippen molar-refractivity contribution in [2.45, 2.75) is 64.0 Å². The molecule has 0 aliphatic carbocycles. The molecule has 1 heterocycles. The molecule has 5 N–H and O–H groups in total. The number of methoxy groups -OCH3 is 1. The second kappa shape index (κ2) is 18.5. The van der Waals surface area contributed by atoms with Gasteiger partial charge in [-0.05, 0) is 43.2 Å². The lowest BCUT2D eigenvalue weighted by atomic mass is 9.89. The molecule has 0 spiro atoms. The third-order valence-electron chi connectivity index (χ3n) is 8.21. The summed E-state index contributed by atoms with van der Waals surface area (Å²) in [6, 6.07) is 11.2. The number of ether oxygens (including phenoxy) is 3. The molecule has 6 atom stereocenters. The zero-order valence-corrected chi connectivity index (χ0v) is 28.9. The van der Waals surface area contributed by atoms with Gasteiger partial charge in [-0.25, -0.2) is 4.79 Å². The van der Waals surface area contributed by atoms with E-state index in [0.29, 0.717) is 21.9 Å². The van der Waals surface area contributed by atoms with Crippen LogP contribution in [0.25, 0.3) is 0 Å². The molecule has 1 aliphatic rings. The van der Waals surface area contributed by atoms with Gasteiger partial charge in [0.05, 0.1) is 36.9 Å². The van der Waals surface area contributed by atoms with Crippen LogP contribution in [0, 0.1) is 11.3 Å². The summed E-state index contributed by atoms with van der Waals surface area (Å²) in [5, 5.41) is 30.5. The highest BCUT2D eigenvalue weighted by Crippen LogP contribution is 2.28. The summed E-state index contributed by atoms with van der Waals surface area (Å²) in [5.74, 6) is -2.97. The van der Waals surface area contributed by atoms with Gasteiger partial charge in [-0.1, -0.05) is 67.1 Å². The van der Waals surface area contributed by atoms with Crippen molar-refractivity contribution >= 4 is 35.3 Å². The molecule has 2 aromatic rings. The Bertz CT molecular complexity index is 1480. The van der Waals surface area contributed by atoms with E-state index in [2.05, 4.69) is 22.5 Å². The van der Waals surface area contributed by atoms with Crippen molar-refractivity contribution in [3.8, 4) is 5.75 Å². The largest absolute Gasteiger partial charge is 0.495 e. The lowest BCUT2D eigenvalue weighted by Crippen LogP contribution is -2.55. The van der Waals surface area contributed by atoms with Crippen molar-refractivity contribution in [1.29, 1.82) is 0 Å². The van der Waals surface area contributed by atoms with Gasteiger partial charge in [-0.3, -0.25) is 14.4 Å². The van der Waals surface area contributed by atoms with Crippen molar-refractivity contribution in [3.63, 3.8) is 0 Å². The van der Waals surface area contributed by atoms with E-state index in [9.17, 15) is 29.4 Å². The molecule has 266 valence electrons. The molecule has 0 aromatic heterocycles. The maximum Gasteiger partial charge on any atom is 0.331 e. The lowest BCUT2D eigenvalue weighted by molar-refractivity contribution is -0.161. The van der Waals surface area contributed by atoms with E-state index in [-0.39, 0.29) is 32.6 Å². The molecule has 12 nitrogen and oxygen atoms in total. The number of halogens is 1. The Labute approximate surface area is 291 Å². The predicted octanol–water partition coefficient (Wildman–Crippen LogP) is 2.81. The second-order valence-electron chi connectivity index (χ2n) is 12.5. The fourth-order valence-electron chi connectivity index (χ4n) is 5.07. The summed E-state index contributed by atoms with van der Waals surface area (Å²) in [5.41, 5.74) is -0.107. The molecule has 3 amide bonds. The minimum atomic E-state index is -1.37. The van der Waals surface area contributed by atoms with Gasteiger partial charge in [0, 0.05) is 25.3 Å². The molecule has 49 heavy (non-hydrogen) atoms. The number of esters is 1. The van der Waals surface area contributed by atoms with Crippen molar-refractivity contribution < 1.29 is 43.6 Å². The van der Waals surface area contributed by atoms with Crippen LogP contribution in [0.2, 0.25) is 5.02 Å². The van der Waals surface area contributed by atoms with Crippen LogP contribution in [-0.4, -0.2) is 85.1 Å². The average molecular weight is 700 g/mol. The first-order valence-corrected chi connectivity index (χ1v) is 16.3. The van der Waals surface area contributed by atoms with Gasteiger partial charge >= 0.3 is 5.97 Å². The Hall–Kier alpha value is -4.23. The fourth-order valence-corrected chi connectivity index (χ4v) is 5.35. The molecule has 0 bridgehead atoms. The highest BCUT2D eigenvalue weighted by molar-refractivity contribution is 6.32. The van der Waals surface area contributed by atoms with Crippen molar-refractivity contribution in [2.75, 3.05) is 26.9 Å². The van der Waals surface area contributed by atoms with Gasteiger partial charge in [0.1, 0.15) is 24.0 Å². The number of aliphatic hydroxyl groups excluding tert-OH is 2. The van der Waals surface area contributed by atoms with Gasteiger partial charge < -0.3 is 40.4 Å². The standard InChI is InChI=1S/C36H46ClN3O9/c1-6-17-48-20-27-34(45)49-28(22(2)31(42)32(43)24-11-8-7-9-12-24)13-10-14-30(41)39-26(19-23-15-16-29(47-5)25(37)18-23)33(44)38-21-36(3,4)35(46)40-27/h6-12,14-16,18,22,26-28,31-32,42-43H,1,13,17,19-21H2,2-5H3,(H,38,44)(H,39,41)(H,40,46)/b14-10+/t22-,26+,27-,28-,31+,32+/m0/s1. The van der Waals surface area contributed by atoms with Gasteiger partial charge in [0.15, 0.2) is 6.04 Å². The number of cyclic esters (lactones) is 1. The van der Waals surface area contributed by atoms with E-state index in [1.807, 2.05) is 0 Å². The highest BCUT2D eigenvalue weighted by atomic mass is 35.5. The van der Waals surface area contributed by atoms with Crippen LogP contribution in [0.5, 0.6) is 5.75 Å². The molecule has 0 unspecified atom stereocenters. The van der Waals surface area contributed by atoms with Gasteiger partial charge in [-0.2, -0.15) is 0 Å². The van der Waals surface area contributed by atoms with Crippen molar-refractivity contribution in [2.24, 2.45) is 11.3 Å². The smallest absolute Gasteiger partial charge is 0.331 e. The van der Waals surface area contributed by atoms with Crippen LogP contribution in [-0.2, 0) is 35.1 Å². The summed E-state index contributed by atoms with van der Waals surface area (Å²) < 4.78 is 16.6. The molecule has 1 aliphatic heterocycles. The number of hydrogen-bond donors (Lipinski definition) is 5. The van der Waals surface area contributed by atoms with E-state index in [1.165, 1.54) is 25.3 Å². The van der Waals surface area contributed by atoms with E-state index < -0.39 is 65.4 Å². The maximum absolute atomic E-state index is 13.6. The third kappa shape index (κ3) is 11.4. The van der Waals surface area contributed by atoms with E-state index in [0.717, 1.165) is 0 Å². The van der Waals surface area contributed by atoms with Crippen LogP contribution in [0.1, 0.15) is 44.4 Å². The lowest BCUT2D eigenvalue weighted by Gasteiger charge is -2.32. The van der Waals surface area contributed by atoms with E-state index in [4.69, 9.17) is 25.8 Å². The average Bonchev–Trinajstić information content (AvgIpc) is 3.08. The van der Waals surface area contributed by atoms with Gasteiger partial charge in [0.2, 0.25) is 17.7 Å². The molecule has 3 rings (SSSR count). The number of aliphatic hydroxyl groups is 2. The van der Waals surface area contributed by atoms with Gasteiger partial charge in [0.25, 0.3) is 0 Å². The summed E-state index contributed by atoms with van der Waals surface area (Å²) in [6.07, 6.45) is 0.431. The number of nitrogens with one attached hydrogen (secondary N) is 3. The molecular weight excluding hydrogens is 654 g/mol. The van der Waals surface area contributed by atoms with Crippen LogP contribution >= 0.6 is 11.6 Å². The first-order valence-electron chi connectivity index (χ1n) is 16.0. The third-order valence-corrected chi connectivity index (χ3v) is 8.51. The molecule has 0 saturated carbocycles. The molecule has 0 radical (unpaired) electrons. The maximum atomic E-state index is 13.6. The van der Waals surface area contributed by atoms with E-state index in [1.54, 1.807) is 69.3 Å². The molecule has 0 fully saturated rings. The first-order chi connectivity index (χ1) is 23.3. The number of benzene rings is 2. The van der Waals surface area contributed by atoms with Crippen molar-refractivity contribution in [3.05, 3.63) is 89.5 Å². The quantitative estimate of drug-likeness (QED) is 0.134. The normalized spacial score (nSPS) is 23.1. The first kappa shape index (κ1) is 39.2. The highest BCUT2D eigenvalue weighted by Gasteiger charge is 2.37. The minimum Gasteiger partial charge on any atom is -0.495 e. The summed E-state index contributed by atoms with van der Waals surface area (Å²) in [7, 11) is 1.48. The number of carbonyl (C=O) groups excluding carboxylic acids is 4. The van der Waals surface area contributed by atoms with Crippen LogP contribution in [0.4, 0.5) is 0 Å². The molecule has 2 aromatic carbocycles. The number of rotatable bonds is 11. The molecule has 13 heteroatoms. The molecular formula is C36H46ClN3O9. The predicted molar refractivity (Wildman–Crippen MR) is 184 cm³/mol. The number of amides is 3. The Morgan fingerprint density at radius 2 is 1.80 bits per heavy atom. The van der Waals surface area contributed by atoms with Crippen LogP contribution < -0.4 is 20.7 Å². The zero-order valence-electron chi connectivity index (χ0n) is 28.2. The summed E-state index contributed by atoms with van der Waals surface area (Å²) >= 11 is 6.30. The Morgan fingerprint density at radius 1 is 1.08 bits per heavy atom. The molecule has 0 saturated heterocycles. The number of hydrogen-bond acceptors (Lipinski definition) is 9. The topological polar surface area (TPSA) is 173 Å². The number of carbonyl (C=O) groups is 4. The van der Waals surface area contributed by atoms with Crippen LogP contribution in [0.3, 0.4) is 0 Å². The summed E-state index contributed by atoms with van der Waals surface area (Å²) in [6.45, 7) is 8.09. The Morgan fingerprint density at radius 3 is 2.45 bits per heavy atom. The Balaban J connectivity index is 1.96. The fraction of sp³-hybridized carbons (Fsp3) is 0.444. The van der Waals surface area contributed by atoms with E-state index >= 15 is 0 Å².